The Balaban J connectivity index is 4.21. The van der Waals surface area contributed by atoms with E-state index in [9.17, 15) is 30.6 Å². The molecule has 2 atom stereocenters. The molecule has 0 aliphatic rings. The summed E-state index contributed by atoms with van der Waals surface area (Å²) in [6.07, 6.45) is -0.434. The topological polar surface area (TPSA) is 165 Å². The minimum Gasteiger partial charge on any atom is -0.415 e. The van der Waals surface area contributed by atoms with Crippen molar-refractivity contribution in [3.63, 3.8) is 0 Å². The van der Waals surface area contributed by atoms with E-state index in [0.29, 0.717) is 51.2 Å². The first-order valence-corrected chi connectivity index (χ1v) is 18.8. The lowest BCUT2D eigenvalue weighted by Crippen LogP contribution is -2.46. The lowest BCUT2D eigenvalue weighted by atomic mass is 10.3. The third kappa shape index (κ3) is 15.7. The fourth-order valence-electron chi connectivity index (χ4n) is 4.05. The van der Waals surface area contributed by atoms with Crippen LogP contribution < -0.4 is 0 Å². The molecule has 0 aromatic heterocycles. The quantitative estimate of drug-likeness (QED) is 0.0485. The van der Waals surface area contributed by atoms with Gasteiger partial charge in [-0.05, 0) is 38.0 Å². The number of rotatable bonds is 27. The normalized spacial score (nSPS) is 14.5. The summed E-state index contributed by atoms with van der Waals surface area (Å²) in [5, 5.41) is 58.6. The molecule has 0 saturated heterocycles. The number of hydrogen-bond acceptors (Lipinski definition) is 12. The molecular formula is C24H56N2O10Si2. The Hall–Kier alpha value is -0.0462. The van der Waals surface area contributed by atoms with Gasteiger partial charge in [0.15, 0.2) is 0 Å². The molecule has 0 aliphatic carbocycles. The standard InChI is InChI=1S/C24H56N2O10Si2/c1-5-25(15-23(31)17-35-11-7-13-37(19-27,20-28)33-3)9-10-26(6-2)16-24(32)18-36-12-8-14-38(21-29,22-30)34-4/h23-24,27-32H,5-22H2,1-4H3. The molecule has 0 radical (unpaired) electrons. The molecular weight excluding hydrogens is 532 g/mol. The van der Waals surface area contributed by atoms with Crippen molar-refractivity contribution in [2.24, 2.45) is 0 Å². The van der Waals surface area contributed by atoms with E-state index < -0.39 is 28.8 Å². The molecule has 0 aromatic carbocycles. The number of hydrogen-bond donors (Lipinski definition) is 6. The SMILES string of the molecule is CCN(CCN(CC)CC(O)COCCC[Si](CO)(CO)OC)CC(O)COCCC[Si](CO)(CO)OC. The summed E-state index contributed by atoms with van der Waals surface area (Å²) < 4.78 is 21.9. The summed E-state index contributed by atoms with van der Waals surface area (Å²) in [7, 11) is -1.91. The van der Waals surface area contributed by atoms with Crippen LogP contribution in [0.1, 0.15) is 26.7 Å². The number of aliphatic hydroxyl groups is 6. The highest BCUT2D eigenvalue weighted by Gasteiger charge is 2.32. The zero-order valence-electron chi connectivity index (χ0n) is 24.1. The Bertz CT molecular complexity index is 486. The van der Waals surface area contributed by atoms with Crippen molar-refractivity contribution in [1.29, 1.82) is 0 Å². The van der Waals surface area contributed by atoms with Crippen LogP contribution in [0.3, 0.4) is 0 Å². The van der Waals surface area contributed by atoms with Gasteiger partial charge in [0.25, 0.3) is 0 Å². The van der Waals surface area contributed by atoms with E-state index in [1.165, 1.54) is 14.2 Å². The van der Waals surface area contributed by atoms with Crippen LogP contribution in [-0.2, 0) is 18.3 Å². The molecule has 0 aliphatic heterocycles. The van der Waals surface area contributed by atoms with Crippen molar-refractivity contribution in [3.05, 3.63) is 0 Å². The number of aliphatic hydroxyl groups excluding tert-OH is 6. The minimum absolute atomic E-state index is 0.125. The summed E-state index contributed by atoms with van der Waals surface area (Å²) >= 11 is 0. The van der Waals surface area contributed by atoms with E-state index in [1.54, 1.807) is 0 Å². The van der Waals surface area contributed by atoms with Gasteiger partial charge in [0.2, 0.25) is 16.6 Å². The Morgan fingerprint density at radius 1 is 0.632 bits per heavy atom. The van der Waals surface area contributed by atoms with Crippen molar-refractivity contribution >= 4 is 16.6 Å². The Kier molecular flexibility index (Phi) is 22.6. The Labute approximate surface area is 231 Å². The second kappa shape index (κ2) is 22.6. The van der Waals surface area contributed by atoms with E-state index in [4.69, 9.17) is 18.3 Å². The molecule has 0 aromatic rings. The Morgan fingerprint density at radius 3 is 1.24 bits per heavy atom. The molecule has 230 valence electrons. The van der Waals surface area contributed by atoms with Gasteiger partial charge in [-0.1, -0.05) is 13.8 Å². The monoisotopic (exact) mass is 588 g/mol. The van der Waals surface area contributed by atoms with Crippen LogP contribution in [0.25, 0.3) is 0 Å². The number of likely N-dealkylation sites (N-methyl/N-ethyl adjacent to an activating group) is 2. The lowest BCUT2D eigenvalue weighted by Gasteiger charge is -2.29. The molecule has 0 fully saturated rings. The largest absolute Gasteiger partial charge is 0.415 e. The van der Waals surface area contributed by atoms with Gasteiger partial charge in [0, 0.05) is 53.6 Å². The van der Waals surface area contributed by atoms with Crippen molar-refractivity contribution in [1.82, 2.24) is 9.80 Å². The predicted octanol–water partition coefficient (Wildman–Crippen LogP) is -1.52. The highest BCUT2D eigenvalue weighted by Crippen LogP contribution is 2.13. The second-order valence-electron chi connectivity index (χ2n) is 9.86. The highest BCUT2D eigenvalue weighted by molar-refractivity contribution is 6.73. The minimum atomic E-state index is -2.48. The summed E-state index contributed by atoms with van der Waals surface area (Å²) in [5.74, 6) is 0. The van der Waals surface area contributed by atoms with E-state index in [1.807, 2.05) is 13.8 Å². The fraction of sp³-hybridized carbons (Fsp3) is 1.00. The fourth-order valence-corrected chi connectivity index (χ4v) is 7.39. The third-order valence-electron chi connectivity index (χ3n) is 7.05. The van der Waals surface area contributed by atoms with Crippen LogP contribution in [0.2, 0.25) is 12.1 Å². The van der Waals surface area contributed by atoms with Crippen molar-refractivity contribution in [2.45, 2.75) is 51.0 Å². The molecule has 0 heterocycles. The summed E-state index contributed by atoms with van der Waals surface area (Å²) in [6, 6.07) is 1.20. The van der Waals surface area contributed by atoms with Gasteiger partial charge >= 0.3 is 0 Å². The van der Waals surface area contributed by atoms with E-state index in [0.717, 1.165) is 26.2 Å². The molecule has 38 heavy (non-hydrogen) atoms. The van der Waals surface area contributed by atoms with E-state index in [-0.39, 0.29) is 38.1 Å². The molecule has 0 bridgehead atoms. The average Bonchev–Trinajstić information content (AvgIpc) is 2.94. The second-order valence-corrected chi connectivity index (χ2v) is 17.7. The smallest absolute Gasteiger partial charge is 0.242 e. The van der Waals surface area contributed by atoms with Gasteiger partial charge in [-0.25, -0.2) is 0 Å². The molecule has 12 nitrogen and oxygen atoms in total. The maximum Gasteiger partial charge on any atom is 0.242 e. The summed E-state index contributed by atoms with van der Waals surface area (Å²) in [4.78, 5) is 4.29. The van der Waals surface area contributed by atoms with E-state index in [2.05, 4.69) is 9.80 Å². The number of ether oxygens (including phenoxy) is 2. The van der Waals surface area contributed by atoms with E-state index >= 15 is 0 Å². The maximum atomic E-state index is 10.4. The van der Waals surface area contributed by atoms with Crippen LogP contribution in [0.4, 0.5) is 0 Å². The maximum absolute atomic E-state index is 10.4. The first-order valence-electron chi connectivity index (χ1n) is 13.7. The van der Waals surface area contributed by atoms with Gasteiger partial charge in [-0.15, -0.1) is 0 Å². The van der Waals surface area contributed by atoms with Crippen LogP contribution in [-0.4, -0.2) is 174 Å². The van der Waals surface area contributed by atoms with Crippen LogP contribution in [0.5, 0.6) is 0 Å². The molecule has 0 rings (SSSR count). The summed E-state index contributed by atoms with van der Waals surface area (Å²) in [6.45, 7) is 9.41. The molecule has 2 unspecified atom stereocenters. The van der Waals surface area contributed by atoms with Crippen molar-refractivity contribution in [3.8, 4) is 0 Å². The van der Waals surface area contributed by atoms with Gasteiger partial charge in [-0.3, -0.25) is 9.80 Å². The van der Waals surface area contributed by atoms with Crippen molar-refractivity contribution < 1.29 is 49.0 Å². The number of nitrogens with zero attached hydrogens (tertiary/aromatic N) is 2. The van der Waals surface area contributed by atoms with Crippen LogP contribution >= 0.6 is 0 Å². The molecule has 0 amide bonds. The predicted molar refractivity (Wildman–Crippen MR) is 151 cm³/mol. The van der Waals surface area contributed by atoms with Gasteiger partial charge < -0.3 is 49.0 Å². The van der Waals surface area contributed by atoms with Crippen LogP contribution in [0.15, 0.2) is 0 Å². The van der Waals surface area contributed by atoms with Crippen molar-refractivity contribution in [2.75, 3.05) is 105 Å². The zero-order valence-corrected chi connectivity index (χ0v) is 26.1. The van der Waals surface area contributed by atoms with Crippen LogP contribution in [0, 0.1) is 0 Å². The molecule has 6 N–H and O–H groups in total. The van der Waals surface area contributed by atoms with Gasteiger partial charge in [0.05, 0.1) is 50.3 Å². The van der Waals surface area contributed by atoms with Gasteiger partial charge in [-0.2, -0.15) is 0 Å². The average molecular weight is 589 g/mol. The molecule has 0 saturated carbocycles. The first kappa shape index (κ1) is 38.0. The Morgan fingerprint density at radius 2 is 0.974 bits per heavy atom. The third-order valence-corrected chi connectivity index (χ3v) is 13.6. The first-order chi connectivity index (χ1) is 18.2. The molecule has 14 heteroatoms. The van der Waals surface area contributed by atoms with Gasteiger partial charge in [0.1, 0.15) is 0 Å². The lowest BCUT2D eigenvalue weighted by molar-refractivity contribution is 0.00792. The summed E-state index contributed by atoms with van der Waals surface area (Å²) in [5.41, 5.74) is 0. The molecule has 0 spiro atoms. The highest BCUT2D eigenvalue weighted by atomic mass is 28.4. The zero-order chi connectivity index (χ0) is 28.9.